The lowest BCUT2D eigenvalue weighted by molar-refractivity contribution is -0.138. The zero-order valence-electron chi connectivity index (χ0n) is 24.5. The normalized spacial score (nSPS) is 15.3. The lowest BCUT2D eigenvalue weighted by Gasteiger charge is -2.35. The Balaban J connectivity index is 1.46. The fraction of sp³-hybridized carbons (Fsp3) is 0.312. The molecule has 0 spiro atoms. The number of rotatable bonds is 5. The van der Waals surface area contributed by atoms with Gasteiger partial charge in [-0.15, -0.1) is 0 Å². The predicted molar refractivity (Wildman–Crippen MR) is 164 cm³/mol. The van der Waals surface area contributed by atoms with E-state index in [9.17, 15) is 22.8 Å². The van der Waals surface area contributed by atoms with Crippen LogP contribution in [0.3, 0.4) is 0 Å². The minimum Gasteiger partial charge on any atom is -0.344 e. The van der Waals surface area contributed by atoms with Crippen LogP contribution in [-0.4, -0.2) is 41.0 Å². The van der Waals surface area contributed by atoms with Crippen molar-refractivity contribution in [2.24, 2.45) is 5.92 Å². The molecule has 0 fully saturated rings. The second-order valence-corrected chi connectivity index (χ2v) is 12.5. The van der Waals surface area contributed by atoms with Crippen LogP contribution in [-0.2, 0) is 25.6 Å². The molecule has 0 radical (unpaired) electrons. The molecule has 228 valence electrons. The molecule has 1 N–H and O–H groups in total. The van der Waals surface area contributed by atoms with E-state index in [4.69, 9.17) is 0 Å². The van der Waals surface area contributed by atoms with Gasteiger partial charge in [-0.1, -0.05) is 41.9 Å². The summed E-state index contributed by atoms with van der Waals surface area (Å²) in [5.41, 5.74) is 4.75. The van der Waals surface area contributed by atoms with E-state index in [0.717, 1.165) is 28.6 Å². The van der Waals surface area contributed by atoms with Crippen molar-refractivity contribution in [2.45, 2.75) is 59.3 Å². The van der Waals surface area contributed by atoms with Crippen molar-refractivity contribution < 1.29 is 18.0 Å². The second-order valence-electron chi connectivity index (χ2n) is 11.7. The van der Waals surface area contributed by atoms with Crippen LogP contribution in [0.1, 0.15) is 59.2 Å². The number of carbonyl (C=O) groups excluding carboxylic acids is 1. The molecule has 0 saturated carbocycles. The summed E-state index contributed by atoms with van der Waals surface area (Å²) in [6.07, 6.45) is -0.331. The van der Waals surface area contributed by atoms with Crippen LogP contribution < -0.4 is 5.56 Å². The number of H-pyrrole nitrogens is 1. The molecule has 0 aliphatic carbocycles. The van der Waals surface area contributed by atoms with Crippen molar-refractivity contribution in [3.63, 3.8) is 0 Å². The third-order valence-electron chi connectivity index (χ3n) is 8.10. The molecule has 44 heavy (non-hydrogen) atoms. The molecule has 1 atom stereocenters. The zero-order chi connectivity index (χ0) is 31.5. The van der Waals surface area contributed by atoms with Gasteiger partial charge in [0, 0.05) is 27.2 Å². The summed E-state index contributed by atoms with van der Waals surface area (Å²) in [7, 11) is 0. The Labute approximate surface area is 259 Å². The summed E-state index contributed by atoms with van der Waals surface area (Å²) >= 11 is 2.94. The fourth-order valence-electron chi connectivity index (χ4n) is 5.95. The molecule has 8 nitrogen and oxygen atoms in total. The van der Waals surface area contributed by atoms with Crippen LogP contribution in [0.4, 0.5) is 13.2 Å². The Morgan fingerprint density at radius 1 is 1.16 bits per heavy atom. The molecule has 0 unspecified atom stereocenters. The van der Waals surface area contributed by atoms with E-state index in [-0.39, 0.29) is 34.5 Å². The topological polar surface area (TPSA) is 88.3 Å². The smallest absolute Gasteiger partial charge is 0.344 e. The number of aromatic amines is 1. The van der Waals surface area contributed by atoms with E-state index in [2.05, 4.69) is 44.8 Å². The largest absolute Gasteiger partial charge is 0.417 e. The summed E-state index contributed by atoms with van der Waals surface area (Å²) in [6, 6.07) is 10.7. The van der Waals surface area contributed by atoms with Gasteiger partial charge in [-0.3, -0.25) is 14.2 Å². The molecule has 1 amide bonds. The van der Waals surface area contributed by atoms with Gasteiger partial charge in [0.2, 0.25) is 0 Å². The average molecular weight is 668 g/mol. The molecule has 2 aromatic carbocycles. The molecule has 6 rings (SSSR count). The van der Waals surface area contributed by atoms with Gasteiger partial charge >= 0.3 is 6.18 Å². The molecule has 5 aromatic rings. The number of amides is 1. The molecule has 12 heteroatoms. The quantitative estimate of drug-likeness (QED) is 0.225. The molecular weight excluding hydrogens is 637 g/mol. The second kappa shape index (κ2) is 11.1. The number of imidazole rings is 1. The number of nitrogens with zero attached hydrogens (tertiary/aromatic N) is 5. The highest BCUT2D eigenvalue weighted by atomic mass is 79.9. The molecule has 0 saturated heterocycles. The number of aryl methyl sites for hydroxylation is 1. The number of halogens is 4. The van der Waals surface area contributed by atoms with Crippen LogP contribution in [0.15, 0.2) is 64.3 Å². The Morgan fingerprint density at radius 3 is 2.52 bits per heavy atom. The maximum absolute atomic E-state index is 14.3. The third kappa shape index (κ3) is 5.14. The predicted octanol–water partition coefficient (Wildman–Crippen LogP) is 6.75. The van der Waals surface area contributed by atoms with Crippen molar-refractivity contribution in [2.75, 3.05) is 0 Å². The monoisotopic (exact) mass is 666 g/mol. The van der Waals surface area contributed by atoms with Crippen molar-refractivity contribution >= 4 is 27.5 Å². The van der Waals surface area contributed by atoms with E-state index >= 15 is 0 Å². The van der Waals surface area contributed by atoms with Gasteiger partial charge in [0.15, 0.2) is 0 Å². The number of nitrogens with one attached hydrogen (secondary N) is 1. The van der Waals surface area contributed by atoms with Gasteiger partial charge < -0.3 is 9.88 Å². The number of hydrogen-bond acceptors (Lipinski definition) is 4. The highest BCUT2D eigenvalue weighted by Gasteiger charge is 2.36. The van der Waals surface area contributed by atoms with E-state index in [1.165, 1.54) is 17.0 Å². The lowest BCUT2D eigenvalue weighted by atomic mass is 9.97. The molecule has 0 bridgehead atoms. The number of fused-ring (bicyclic) bond motifs is 3. The highest BCUT2D eigenvalue weighted by Crippen LogP contribution is 2.36. The summed E-state index contributed by atoms with van der Waals surface area (Å²) in [4.78, 5) is 36.9. The summed E-state index contributed by atoms with van der Waals surface area (Å²) < 4.78 is 44.1. The van der Waals surface area contributed by atoms with Crippen molar-refractivity contribution in [3.8, 4) is 16.9 Å². The standard InChI is InChI=1S/C32H30BrF3N6O2/c1-17(2)11-22-14-39-42-27-15-40(30(43)21-7-10-26(33)25(13-21)32(34,35)36)18(3)12-24(27)31(44)41(29(22)42)23-8-5-20(6-9-23)28-19(4)37-16-38-28/h5-10,13-14,16-18H,11-12,15H2,1-4H3,(H,37,38)/t18-/m0/s1. The van der Waals surface area contributed by atoms with E-state index in [0.29, 0.717) is 29.0 Å². The third-order valence-corrected chi connectivity index (χ3v) is 8.79. The van der Waals surface area contributed by atoms with Gasteiger partial charge in [0.25, 0.3) is 11.5 Å². The van der Waals surface area contributed by atoms with E-state index in [1.807, 2.05) is 31.2 Å². The number of hydrogen-bond donors (Lipinski definition) is 1. The molecular formula is C32H30BrF3N6O2. The van der Waals surface area contributed by atoms with Crippen LogP contribution in [0, 0.1) is 12.8 Å². The minimum absolute atomic E-state index is 0.0279. The molecule has 4 heterocycles. The van der Waals surface area contributed by atoms with Crippen LogP contribution in [0.5, 0.6) is 0 Å². The number of aromatic nitrogens is 5. The summed E-state index contributed by atoms with van der Waals surface area (Å²) in [5, 5.41) is 4.68. The Morgan fingerprint density at radius 2 is 1.89 bits per heavy atom. The van der Waals surface area contributed by atoms with E-state index < -0.39 is 23.7 Å². The van der Waals surface area contributed by atoms with Crippen molar-refractivity contribution in [1.29, 1.82) is 0 Å². The van der Waals surface area contributed by atoms with Gasteiger partial charge in [-0.05, 0) is 68.5 Å². The average Bonchev–Trinajstić information content (AvgIpc) is 3.58. The Kier molecular flexibility index (Phi) is 7.51. The molecule has 3 aromatic heterocycles. The van der Waals surface area contributed by atoms with E-state index in [1.54, 1.807) is 28.5 Å². The van der Waals surface area contributed by atoms with Crippen LogP contribution >= 0.6 is 15.9 Å². The first-order valence-electron chi connectivity index (χ1n) is 14.3. The number of alkyl halides is 3. The van der Waals surface area contributed by atoms with Crippen molar-refractivity contribution in [1.82, 2.24) is 29.0 Å². The number of benzene rings is 2. The zero-order valence-corrected chi connectivity index (χ0v) is 26.1. The van der Waals surface area contributed by atoms with Gasteiger partial charge in [-0.25, -0.2) is 9.50 Å². The van der Waals surface area contributed by atoms with Gasteiger partial charge in [0.1, 0.15) is 5.65 Å². The first-order valence-corrected chi connectivity index (χ1v) is 15.1. The van der Waals surface area contributed by atoms with Crippen LogP contribution in [0.25, 0.3) is 22.6 Å². The minimum atomic E-state index is -4.62. The first-order chi connectivity index (χ1) is 20.8. The summed E-state index contributed by atoms with van der Waals surface area (Å²) in [6.45, 7) is 7.92. The first kappa shape index (κ1) is 29.9. The highest BCUT2D eigenvalue weighted by molar-refractivity contribution is 9.10. The van der Waals surface area contributed by atoms with Gasteiger partial charge in [0.05, 0.1) is 47.4 Å². The Bertz CT molecular complexity index is 1960. The maximum Gasteiger partial charge on any atom is 0.417 e. The fourth-order valence-corrected chi connectivity index (χ4v) is 6.42. The maximum atomic E-state index is 14.3. The lowest BCUT2D eigenvalue weighted by Crippen LogP contribution is -2.46. The van der Waals surface area contributed by atoms with Gasteiger partial charge in [-0.2, -0.15) is 18.3 Å². The van der Waals surface area contributed by atoms with Crippen molar-refractivity contribution in [3.05, 3.63) is 103 Å². The number of carbonyl (C=O) groups is 1. The molecule has 1 aliphatic heterocycles. The Hall–Kier alpha value is -4.19. The summed E-state index contributed by atoms with van der Waals surface area (Å²) in [5.74, 6) is -0.260. The SMILES string of the molecule is Cc1nc[nH]c1-c1ccc(-n2c(=O)c3c(n4ncc(CC(C)C)c24)CN(C(=O)c2ccc(Br)c(C(F)(F)F)c2)[C@@H](C)C3)cc1. The molecule has 1 aliphatic rings. The van der Waals surface area contributed by atoms with Crippen LogP contribution in [0.2, 0.25) is 0 Å².